The fourth-order valence-corrected chi connectivity index (χ4v) is 2.20. The summed E-state index contributed by atoms with van der Waals surface area (Å²) in [6.07, 6.45) is -3.47. The number of alkyl halides is 3. The highest BCUT2D eigenvalue weighted by atomic mass is 19.4. The summed E-state index contributed by atoms with van der Waals surface area (Å²) >= 11 is 0. The molecule has 0 amide bonds. The first-order chi connectivity index (χ1) is 9.98. The molecule has 0 saturated carbocycles. The van der Waals surface area contributed by atoms with Crippen LogP contribution in [-0.2, 0) is 6.18 Å². The third-order valence-electron chi connectivity index (χ3n) is 3.13. The highest BCUT2D eigenvalue weighted by molar-refractivity contribution is 5.79. The quantitative estimate of drug-likeness (QED) is 0.688. The van der Waals surface area contributed by atoms with Gasteiger partial charge in [0.15, 0.2) is 0 Å². The molecule has 2 aromatic carbocycles. The molecular weight excluding hydrogens is 281 g/mol. The summed E-state index contributed by atoms with van der Waals surface area (Å²) in [6, 6.07) is 11.6. The van der Waals surface area contributed by atoms with E-state index in [4.69, 9.17) is 0 Å². The Labute approximate surface area is 117 Å². The van der Waals surface area contributed by atoms with Crippen molar-refractivity contribution in [1.29, 1.82) is 0 Å². The molecule has 0 aliphatic heterocycles. The number of rotatable bonds is 1. The van der Waals surface area contributed by atoms with E-state index in [1.165, 1.54) is 18.2 Å². The minimum Gasteiger partial charge on any atom is -0.287 e. The molecule has 3 rings (SSSR count). The summed E-state index contributed by atoms with van der Waals surface area (Å²) in [4.78, 5) is 11.7. The Morgan fingerprint density at radius 2 is 1.62 bits per heavy atom. The number of nitrogens with zero attached hydrogens (tertiary/aromatic N) is 2. The predicted octanol–water partition coefficient (Wildman–Crippen LogP) is 3.40. The first-order valence-electron chi connectivity index (χ1n) is 6.12. The molecule has 21 heavy (non-hydrogen) atoms. The molecule has 0 aliphatic carbocycles. The van der Waals surface area contributed by atoms with Crippen molar-refractivity contribution in [1.82, 2.24) is 9.78 Å². The van der Waals surface area contributed by atoms with Crippen molar-refractivity contribution in [3.8, 4) is 5.69 Å². The van der Waals surface area contributed by atoms with E-state index in [1.54, 1.807) is 24.3 Å². The molecule has 0 spiro atoms. The molecule has 0 unspecified atom stereocenters. The van der Waals surface area contributed by atoms with E-state index in [1.807, 2.05) is 0 Å². The van der Waals surface area contributed by atoms with Crippen LogP contribution < -0.4 is 5.43 Å². The highest BCUT2D eigenvalue weighted by Gasteiger charge is 2.34. The van der Waals surface area contributed by atoms with Crippen LogP contribution in [0.25, 0.3) is 16.6 Å². The number of fused-ring (bicyclic) bond motifs is 1. The molecule has 0 bridgehead atoms. The zero-order valence-corrected chi connectivity index (χ0v) is 10.6. The Kier molecular flexibility index (Phi) is 3.01. The van der Waals surface area contributed by atoms with Crippen LogP contribution in [0, 0.1) is 0 Å². The zero-order valence-electron chi connectivity index (χ0n) is 10.6. The fraction of sp³-hybridized carbons (Fsp3) is 0.0667. The Balaban J connectivity index is 2.38. The molecular formula is C15H9F3N2O. The molecule has 106 valence electrons. The smallest absolute Gasteiger partial charge is 0.287 e. The van der Waals surface area contributed by atoms with Gasteiger partial charge in [0.05, 0.1) is 23.0 Å². The topological polar surface area (TPSA) is 34.9 Å². The standard InChI is InChI=1S/C15H9F3N2O/c16-15(17,18)11-6-2-4-8-13(11)20-12-7-3-1-5-10(12)14(21)9-19-20/h1-9H. The van der Waals surface area contributed by atoms with Crippen LogP contribution in [-0.4, -0.2) is 9.78 Å². The molecule has 0 atom stereocenters. The lowest BCUT2D eigenvalue weighted by atomic mass is 10.1. The largest absolute Gasteiger partial charge is 0.418 e. The number of aromatic nitrogens is 2. The lowest BCUT2D eigenvalue weighted by Gasteiger charge is -2.15. The summed E-state index contributed by atoms with van der Waals surface area (Å²) in [5, 5.41) is 4.18. The predicted molar refractivity (Wildman–Crippen MR) is 72.3 cm³/mol. The molecule has 1 aromatic heterocycles. The molecule has 0 radical (unpaired) electrons. The Bertz CT molecular complexity index is 868. The number of halogens is 3. The maximum absolute atomic E-state index is 13.1. The summed E-state index contributed by atoms with van der Waals surface area (Å²) in [7, 11) is 0. The zero-order chi connectivity index (χ0) is 15.0. The first-order valence-corrected chi connectivity index (χ1v) is 6.12. The van der Waals surface area contributed by atoms with Gasteiger partial charge in [-0.05, 0) is 24.3 Å². The van der Waals surface area contributed by atoms with Crippen LogP contribution in [0.3, 0.4) is 0 Å². The monoisotopic (exact) mass is 290 g/mol. The van der Waals surface area contributed by atoms with Gasteiger partial charge >= 0.3 is 6.18 Å². The van der Waals surface area contributed by atoms with Gasteiger partial charge in [0.2, 0.25) is 5.43 Å². The van der Waals surface area contributed by atoms with Crippen molar-refractivity contribution in [2.24, 2.45) is 0 Å². The number of para-hydroxylation sites is 2. The third kappa shape index (κ3) is 2.29. The van der Waals surface area contributed by atoms with Gasteiger partial charge in [-0.2, -0.15) is 18.3 Å². The van der Waals surface area contributed by atoms with Gasteiger partial charge in [-0.3, -0.25) is 4.79 Å². The fourth-order valence-electron chi connectivity index (χ4n) is 2.20. The average molecular weight is 290 g/mol. The van der Waals surface area contributed by atoms with Crippen LogP contribution in [0.1, 0.15) is 5.56 Å². The molecule has 3 aromatic rings. The van der Waals surface area contributed by atoms with E-state index >= 15 is 0 Å². The van der Waals surface area contributed by atoms with Gasteiger partial charge in [-0.15, -0.1) is 0 Å². The van der Waals surface area contributed by atoms with E-state index in [9.17, 15) is 18.0 Å². The van der Waals surface area contributed by atoms with E-state index in [0.717, 1.165) is 16.9 Å². The highest BCUT2D eigenvalue weighted by Crippen LogP contribution is 2.34. The second-order valence-corrected chi connectivity index (χ2v) is 4.45. The van der Waals surface area contributed by atoms with Gasteiger partial charge < -0.3 is 0 Å². The maximum atomic E-state index is 13.1. The van der Waals surface area contributed by atoms with Crippen molar-refractivity contribution in [2.75, 3.05) is 0 Å². The minimum absolute atomic E-state index is 0.110. The van der Waals surface area contributed by atoms with Crippen molar-refractivity contribution in [2.45, 2.75) is 6.18 Å². The van der Waals surface area contributed by atoms with E-state index in [0.29, 0.717) is 10.9 Å². The molecule has 3 nitrogen and oxygen atoms in total. The molecule has 0 N–H and O–H groups in total. The van der Waals surface area contributed by atoms with Crippen molar-refractivity contribution < 1.29 is 13.2 Å². The molecule has 0 aliphatic rings. The molecule has 0 fully saturated rings. The number of benzene rings is 2. The normalized spacial score (nSPS) is 11.8. The van der Waals surface area contributed by atoms with E-state index < -0.39 is 11.7 Å². The second-order valence-electron chi connectivity index (χ2n) is 4.45. The van der Waals surface area contributed by atoms with Crippen molar-refractivity contribution >= 4 is 10.9 Å². The minimum atomic E-state index is -4.50. The molecule has 6 heteroatoms. The van der Waals surface area contributed by atoms with Crippen LogP contribution in [0.4, 0.5) is 13.2 Å². The third-order valence-corrected chi connectivity index (χ3v) is 3.13. The van der Waals surface area contributed by atoms with E-state index in [2.05, 4.69) is 5.10 Å². The number of hydrogen-bond acceptors (Lipinski definition) is 2. The van der Waals surface area contributed by atoms with Crippen LogP contribution in [0.15, 0.2) is 59.5 Å². The Morgan fingerprint density at radius 3 is 2.38 bits per heavy atom. The Morgan fingerprint density at radius 1 is 0.952 bits per heavy atom. The van der Waals surface area contributed by atoms with Gasteiger partial charge in [-0.1, -0.05) is 24.3 Å². The van der Waals surface area contributed by atoms with Gasteiger partial charge in [0, 0.05) is 5.39 Å². The van der Waals surface area contributed by atoms with Crippen LogP contribution in [0.2, 0.25) is 0 Å². The van der Waals surface area contributed by atoms with Crippen LogP contribution in [0.5, 0.6) is 0 Å². The summed E-state index contributed by atoms with van der Waals surface area (Å²) in [5.74, 6) is 0. The number of hydrogen-bond donors (Lipinski definition) is 0. The average Bonchev–Trinajstić information content (AvgIpc) is 2.47. The molecule has 0 saturated heterocycles. The summed E-state index contributed by atoms with van der Waals surface area (Å²) < 4.78 is 40.5. The van der Waals surface area contributed by atoms with E-state index in [-0.39, 0.29) is 11.1 Å². The second kappa shape index (κ2) is 4.73. The lowest BCUT2D eigenvalue weighted by Crippen LogP contribution is -2.15. The molecule has 1 heterocycles. The van der Waals surface area contributed by atoms with Crippen molar-refractivity contribution in [3.05, 3.63) is 70.5 Å². The Hall–Kier alpha value is -2.63. The summed E-state index contributed by atoms with van der Waals surface area (Å²) in [5.41, 5.74) is -0.902. The van der Waals surface area contributed by atoms with Gasteiger partial charge in [-0.25, -0.2) is 4.68 Å². The van der Waals surface area contributed by atoms with Gasteiger partial charge in [0.1, 0.15) is 0 Å². The van der Waals surface area contributed by atoms with Gasteiger partial charge in [0.25, 0.3) is 0 Å². The summed E-state index contributed by atoms with van der Waals surface area (Å²) in [6.45, 7) is 0. The van der Waals surface area contributed by atoms with Crippen molar-refractivity contribution in [3.63, 3.8) is 0 Å². The SMILES string of the molecule is O=c1cnn(-c2ccccc2C(F)(F)F)c2ccccc12. The maximum Gasteiger partial charge on any atom is 0.418 e. The lowest BCUT2D eigenvalue weighted by molar-refractivity contribution is -0.137. The first kappa shape index (κ1) is 13.4. The van der Waals surface area contributed by atoms with Crippen LogP contribution >= 0.6 is 0 Å².